The summed E-state index contributed by atoms with van der Waals surface area (Å²) in [6, 6.07) is 7.46. The van der Waals surface area contributed by atoms with Crippen molar-refractivity contribution in [1.82, 2.24) is 23.9 Å². The van der Waals surface area contributed by atoms with E-state index in [1.165, 1.54) is 4.31 Å². The van der Waals surface area contributed by atoms with Gasteiger partial charge in [-0.25, -0.2) is 17.9 Å². The van der Waals surface area contributed by atoms with Gasteiger partial charge in [-0.05, 0) is 37.1 Å². The summed E-state index contributed by atoms with van der Waals surface area (Å²) in [6.45, 7) is 2.39. The van der Waals surface area contributed by atoms with Crippen LogP contribution in [0.15, 0.2) is 36.7 Å². The number of sulfonamides is 1. The Hall–Kier alpha value is -2.56. The van der Waals surface area contributed by atoms with Gasteiger partial charge in [-0.2, -0.15) is 4.31 Å². The normalized spacial score (nSPS) is 21.1. The van der Waals surface area contributed by atoms with Crippen molar-refractivity contribution >= 4 is 21.5 Å². The fourth-order valence-corrected chi connectivity index (χ4v) is 4.18. The standard InChI is InChI=1S/C18H22N6O3S/c1-12-3-5-14(19-9-12)16-6-4-13-10-20-18(22-24(13)16)21-15-7-8-23(11-17(15)25)28(2,26)27/h3-6,9-10,15,17,25H,7-8,11H2,1-2H3,(H,21,22)/t15-,17-/m1/s1. The average molecular weight is 402 g/mol. The van der Waals surface area contributed by atoms with Gasteiger partial charge in [0.2, 0.25) is 16.0 Å². The van der Waals surface area contributed by atoms with Crippen LogP contribution in [-0.4, -0.2) is 68.9 Å². The quantitative estimate of drug-likeness (QED) is 0.667. The van der Waals surface area contributed by atoms with E-state index in [4.69, 9.17) is 0 Å². The van der Waals surface area contributed by atoms with Crippen LogP contribution in [0.3, 0.4) is 0 Å². The fourth-order valence-electron chi connectivity index (χ4n) is 3.32. The second-order valence-corrected chi connectivity index (χ2v) is 9.07. The molecule has 9 nitrogen and oxygen atoms in total. The Bertz CT molecular complexity index is 1100. The Balaban J connectivity index is 1.57. The maximum atomic E-state index is 11.7. The van der Waals surface area contributed by atoms with E-state index in [0.29, 0.717) is 18.9 Å². The first kappa shape index (κ1) is 18.8. The van der Waals surface area contributed by atoms with Crippen LogP contribution < -0.4 is 5.32 Å². The van der Waals surface area contributed by atoms with Gasteiger partial charge in [0.1, 0.15) is 0 Å². The number of nitrogens with one attached hydrogen (secondary N) is 1. The highest BCUT2D eigenvalue weighted by atomic mass is 32.2. The summed E-state index contributed by atoms with van der Waals surface area (Å²) in [7, 11) is -3.31. The zero-order valence-electron chi connectivity index (χ0n) is 15.6. The van der Waals surface area contributed by atoms with Crippen LogP contribution in [0.2, 0.25) is 0 Å². The number of piperidine rings is 1. The Labute approximate surface area is 163 Å². The maximum Gasteiger partial charge on any atom is 0.241 e. The molecule has 3 aromatic heterocycles. The molecule has 1 aliphatic heterocycles. The highest BCUT2D eigenvalue weighted by molar-refractivity contribution is 7.88. The number of nitrogens with zero attached hydrogens (tertiary/aromatic N) is 5. The van der Waals surface area contributed by atoms with E-state index in [-0.39, 0.29) is 12.6 Å². The number of aromatic nitrogens is 4. The molecule has 0 saturated carbocycles. The third-order valence-electron chi connectivity index (χ3n) is 4.90. The SMILES string of the molecule is Cc1ccc(-c2ccc3cnc(N[C@@H]4CCN(S(C)(=O)=O)C[C@H]4O)nn23)nc1. The second-order valence-electron chi connectivity index (χ2n) is 7.09. The summed E-state index contributed by atoms with van der Waals surface area (Å²) in [4.78, 5) is 8.77. The molecule has 28 heavy (non-hydrogen) atoms. The molecule has 0 amide bonds. The summed E-state index contributed by atoms with van der Waals surface area (Å²) in [6.07, 6.45) is 4.28. The predicted molar refractivity (Wildman–Crippen MR) is 105 cm³/mol. The van der Waals surface area contributed by atoms with Crippen LogP contribution in [0.1, 0.15) is 12.0 Å². The molecule has 1 fully saturated rings. The highest BCUT2D eigenvalue weighted by Crippen LogP contribution is 2.21. The molecule has 0 aromatic carbocycles. The van der Waals surface area contributed by atoms with Gasteiger partial charge in [-0.3, -0.25) is 4.98 Å². The van der Waals surface area contributed by atoms with Crippen molar-refractivity contribution in [2.45, 2.75) is 25.5 Å². The number of hydrogen-bond donors (Lipinski definition) is 2. The molecule has 3 aromatic rings. The molecule has 1 aliphatic rings. The Morgan fingerprint density at radius 1 is 1.18 bits per heavy atom. The van der Waals surface area contributed by atoms with E-state index in [1.807, 2.05) is 31.2 Å². The first-order valence-corrected chi connectivity index (χ1v) is 10.8. The summed E-state index contributed by atoms with van der Waals surface area (Å²) < 4.78 is 26.4. The number of hydrogen-bond acceptors (Lipinski definition) is 7. The number of β-amino-alcohol motifs (C(OH)–C–C–N with tert-alkyl or cyclic N) is 1. The molecule has 148 valence electrons. The topological polar surface area (TPSA) is 113 Å². The van der Waals surface area contributed by atoms with E-state index >= 15 is 0 Å². The molecule has 2 N–H and O–H groups in total. The van der Waals surface area contributed by atoms with E-state index in [1.54, 1.807) is 16.9 Å². The summed E-state index contributed by atoms with van der Waals surface area (Å²) in [5.74, 6) is 0.369. The second kappa shape index (κ2) is 7.12. The number of aryl methyl sites for hydroxylation is 1. The number of pyridine rings is 1. The molecule has 10 heteroatoms. The van der Waals surface area contributed by atoms with Crippen LogP contribution in [0.25, 0.3) is 16.9 Å². The number of rotatable bonds is 4. The lowest BCUT2D eigenvalue weighted by Crippen LogP contribution is -2.51. The van der Waals surface area contributed by atoms with Gasteiger partial charge < -0.3 is 10.4 Å². The lowest BCUT2D eigenvalue weighted by atomic mass is 10.0. The van der Waals surface area contributed by atoms with Crippen LogP contribution in [0.5, 0.6) is 0 Å². The molecule has 4 heterocycles. The van der Waals surface area contributed by atoms with E-state index < -0.39 is 16.1 Å². The summed E-state index contributed by atoms with van der Waals surface area (Å²) >= 11 is 0. The monoisotopic (exact) mass is 402 g/mol. The zero-order valence-corrected chi connectivity index (χ0v) is 16.5. The Kier molecular flexibility index (Phi) is 4.77. The summed E-state index contributed by atoms with van der Waals surface area (Å²) in [5, 5.41) is 18.0. The van der Waals surface area contributed by atoms with Crippen molar-refractivity contribution in [3.8, 4) is 11.4 Å². The predicted octanol–water partition coefficient (Wildman–Crippen LogP) is 0.906. The van der Waals surface area contributed by atoms with Gasteiger partial charge >= 0.3 is 0 Å². The number of anilines is 1. The largest absolute Gasteiger partial charge is 0.390 e. The molecule has 0 radical (unpaired) electrons. The third-order valence-corrected chi connectivity index (χ3v) is 6.17. The van der Waals surface area contributed by atoms with Gasteiger partial charge in [0.25, 0.3) is 0 Å². The number of fused-ring (bicyclic) bond motifs is 1. The van der Waals surface area contributed by atoms with Gasteiger partial charge in [-0.1, -0.05) is 6.07 Å². The van der Waals surface area contributed by atoms with Crippen molar-refractivity contribution in [3.05, 3.63) is 42.2 Å². The van der Waals surface area contributed by atoms with Crippen LogP contribution in [0.4, 0.5) is 5.95 Å². The lowest BCUT2D eigenvalue weighted by molar-refractivity contribution is 0.0950. The van der Waals surface area contributed by atoms with E-state index in [2.05, 4.69) is 20.4 Å². The fraction of sp³-hybridized carbons (Fsp3) is 0.389. The molecule has 4 rings (SSSR count). The van der Waals surface area contributed by atoms with Gasteiger partial charge in [0.05, 0.1) is 41.5 Å². The average Bonchev–Trinajstić information content (AvgIpc) is 3.06. The molecule has 1 saturated heterocycles. The van der Waals surface area contributed by atoms with Crippen molar-refractivity contribution in [2.24, 2.45) is 0 Å². The molecular weight excluding hydrogens is 380 g/mol. The first-order valence-electron chi connectivity index (χ1n) is 8.99. The van der Waals surface area contributed by atoms with Crippen LogP contribution >= 0.6 is 0 Å². The minimum Gasteiger partial charge on any atom is -0.390 e. The maximum absolute atomic E-state index is 11.7. The van der Waals surface area contributed by atoms with Gasteiger partial charge in [-0.15, -0.1) is 5.10 Å². The van der Waals surface area contributed by atoms with Crippen LogP contribution in [0, 0.1) is 6.92 Å². The van der Waals surface area contributed by atoms with Gasteiger partial charge in [0, 0.05) is 19.3 Å². The first-order chi connectivity index (χ1) is 13.3. The van der Waals surface area contributed by atoms with Crippen molar-refractivity contribution in [3.63, 3.8) is 0 Å². The smallest absolute Gasteiger partial charge is 0.241 e. The minimum atomic E-state index is -3.31. The van der Waals surface area contributed by atoms with Crippen molar-refractivity contribution < 1.29 is 13.5 Å². The molecule has 2 atom stereocenters. The molecule has 0 unspecified atom stereocenters. The minimum absolute atomic E-state index is 0.0563. The molecule has 0 spiro atoms. The molecular formula is C18H22N6O3S. The van der Waals surface area contributed by atoms with E-state index in [0.717, 1.165) is 28.7 Å². The molecule has 0 bridgehead atoms. The van der Waals surface area contributed by atoms with Crippen molar-refractivity contribution in [2.75, 3.05) is 24.7 Å². The Morgan fingerprint density at radius 2 is 2.00 bits per heavy atom. The highest BCUT2D eigenvalue weighted by Gasteiger charge is 2.32. The zero-order chi connectivity index (χ0) is 19.9. The van der Waals surface area contributed by atoms with Crippen LogP contribution in [-0.2, 0) is 10.0 Å². The number of aliphatic hydroxyl groups is 1. The van der Waals surface area contributed by atoms with Crippen molar-refractivity contribution in [1.29, 1.82) is 0 Å². The Morgan fingerprint density at radius 3 is 2.68 bits per heavy atom. The van der Waals surface area contributed by atoms with E-state index in [9.17, 15) is 13.5 Å². The third kappa shape index (κ3) is 3.71. The summed E-state index contributed by atoms with van der Waals surface area (Å²) in [5.41, 5.74) is 3.55. The van der Waals surface area contributed by atoms with Gasteiger partial charge in [0.15, 0.2) is 0 Å². The molecule has 0 aliphatic carbocycles. The lowest BCUT2D eigenvalue weighted by Gasteiger charge is -2.34. The number of aliphatic hydroxyl groups excluding tert-OH is 1.